The van der Waals surface area contributed by atoms with E-state index in [2.05, 4.69) is 0 Å². The molecule has 0 radical (unpaired) electrons. The molecule has 0 bridgehead atoms. The lowest BCUT2D eigenvalue weighted by Crippen LogP contribution is -2.48. The van der Waals surface area contributed by atoms with Gasteiger partial charge in [0.15, 0.2) is 0 Å². The number of sulfonamides is 1. The van der Waals surface area contributed by atoms with E-state index in [1.165, 1.54) is 19.2 Å². The average Bonchev–Trinajstić information content (AvgIpc) is 2.60. The molecule has 1 aliphatic rings. The van der Waals surface area contributed by atoms with Crippen molar-refractivity contribution in [1.29, 1.82) is 0 Å². The molecule has 0 spiro atoms. The molecular weight excluding hydrogens is 330 g/mol. The minimum Gasteiger partial charge on any atom is -0.497 e. The zero-order valence-electron chi connectivity index (χ0n) is 13.0. The molecule has 0 unspecified atom stereocenters. The SMILES string of the molecule is COc1ccc(S(=O)(=O)N2Cc3ccccc3C[C@@H]2C(=O)O)cc1. The third kappa shape index (κ3) is 2.88. The van der Waals surface area contributed by atoms with Gasteiger partial charge in [-0.2, -0.15) is 4.31 Å². The summed E-state index contributed by atoms with van der Waals surface area (Å²) in [6.07, 6.45) is 0.154. The van der Waals surface area contributed by atoms with Crippen LogP contribution in [-0.2, 0) is 27.8 Å². The Labute approximate surface area is 140 Å². The van der Waals surface area contributed by atoms with E-state index in [9.17, 15) is 18.3 Å². The smallest absolute Gasteiger partial charge is 0.322 e. The molecule has 24 heavy (non-hydrogen) atoms. The van der Waals surface area contributed by atoms with Gasteiger partial charge in [-0.1, -0.05) is 24.3 Å². The predicted molar refractivity (Wildman–Crippen MR) is 87.3 cm³/mol. The quantitative estimate of drug-likeness (QED) is 0.913. The van der Waals surface area contributed by atoms with Gasteiger partial charge < -0.3 is 9.84 Å². The fourth-order valence-corrected chi connectivity index (χ4v) is 4.40. The lowest BCUT2D eigenvalue weighted by atomic mass is 9.96. The highest BCUT2D eigenvalue weighted by Crippen LogP contribution is 2.29. The molecule has 0 saturated heterocycles. The van der Waals surface area contributed by atoms with Crippen LogP contribution in [0.25, 0.3) is 0 Å². The van der Waals surface area contributed by atoms with E-state index in [0.29, 0.717) is 5.75 Å². The van der Waals surface area contributed by atoms with Crippen molar-refractivity contribution in [1.82, 2.24) is 4.31 Å². The summed E-state index contributed by atoms with van der Waals surface area (Å²) in [5, 5.41) is 9.50. The number of aliphatic carboxylic acids is 1. The van der Waals surface area contributed by atoms with Crippen molar-refractivity contribution in [3.8, 4) is 5.75 Å². The number of hydrogen-bond donors (Lipinski definition) is 1. The van der Waals surface area contributed by atoms with E-state index < -0.39 is 22.0 Å². The average molecular weight is 347 g/mol. The van der Waals surface area contributed by atoms with Gasteiger partial charge in [0.05, 0.1) is 12.0 Å². The van der Waals surface area contributed by atoms with E-state index in [-0.39, 0.29) is 17.9 Å². The second-order valence-corrected chi connectivity index (χ2v) is 7.44. The highest BCUT2D eigenvalue weighted by Gasteiger charge is 2.39. The molecule has 0 aliphatic carbocycles. The van der Waals surface area contributed by atoms with Crippen LogP contribution < -0.4 is 4.74 Å². The number of rotatable bonds is 4. The van der Waals surface area contributed by atoms with E-state index in [4.69, 9.17) is 4.74 Å². The highest BCUT2D eigenvalue weighted by molar-refractivity contribution is 7.89. The summed E-state index contributed by atoms with van der Waals surface area (Å²) in [4.78, 5) is 11.7. The number of ether oxygens (including phenoxy) is 1. The van der Waals surface area contributed by atoms with E-state index in [1.54, 1.807) is 12.1 Å². The molecule has 126 valence electrons. The molecule has 1 N–H and O–H groups in total. The fraction of sp³-hybridized carbons (Fsp3) is 0.235. The number of carboxylic acid groups (broad SMARTS) is 1. The van der Waals surface area contributed by atoms with Crippen molar-refractivity contribution < 1.29 is 23.1 Å². The lowest BCUT2D eigenvalue weighted by Gasteiger charge is -2.33. The number of nitrogens with zero attached hydrogens (tertiary/aromatic N) is 1. The van der Waals surface area contributed by atoms with Gasteiger partial charge in [-0.3, -0.25) is 4.79 Å². The van der Waals surface area contributed by atoms with Crippen LogP contribution in [0.4, 0.5) is 0 Å². The van der Waals surface area contributed by atoms with Crippen LogP contribution in [0.2, 0.25) is 0 Å². The number of carboxylic acids is 1. The Morgan fingerprint density at radius 1 is 1.12 bits per heavy atom. The first-order valence-corrected chi connectivity index (χ1v) is 8.83. The first-order chi connectivity index (χ1) is 11.4. The molecule has 6 nitrogen and oxygen atoms in total. The van der Waals surface area contributed by atoms with Crippen LogP contribution in [0.15, 0.2) is 53.4 Å². The summed E-state index contributed by atoms with van der Waals surface area (Å²) < 4.78 is 32.0. The maximum atomic E-state index is 12.9. The third-order valence-corrected chi connectivity index (χ3v) is 6.03. The van der Waals surface area contributed by atoms with Crippen molar-refractivity contribution in [3.05, 3.63) is 59.7 Å². The van der Waals surface area contributed by atoms with Gasteiger partial charge in [-0.05, 0) is 35.4 Å². The maximum absolute atomic E-state index is 12.9. The number of carbonyl (C=O) groups is 1. The number of methoxy groups -OCH3 is 1. The molecule has 3 rings (SSSR count). The Morgan fingerprint density at radius 3 is 2.33 bits per heavy atom. The summed E-state index contributed by atoms with van der Waals surface area (Å²) in [6, 6.07) is 12.1. The van der Waals surface area contributed by atoms with Crippen LogP contribution in [0.5, 0.6) is 5.75 Å². The van der Waals surface area contributed by atoms with E-state index in [0.717, 1.165) is 15.4 Å². The summed E-state index contributed by atoms with van der Waals surface area (Å²) in [6.45, 7) is 0.0432. The molecule has 1 heterocycles. The molecule has 0 aromatic heterocycles. The lowest BCUT2D eigenvalue weighted by molar-refractivity contribution is -0.141. The standard InChI is InChI=1S/C17H17NO5S/c1-23-14-6-8-15(9-7-14)24(21,22)18-11-13-5-3-2-4-12(13)10-16(18)17(19)20/h2-9,16H,10-11H2,1H3,(H,19,20)/t16-/m1/s1. The number of benzene rings is 2. The molecular formula is C17H17NO5S. The first kappa shape index (κ1) is 16.5. The van der Waals surface area contributed by atoms with Crippen molar-refractivity contribution in [2.24, 2.45) is 0 Å². The number of hydrogen-bond acceptors (Lipinski definition) is 4. The third-order valence-electron chi connectivity index (χ3n) is 4.16. The predicted octanol–water partition coefficient (Wildman–Crippen LogP) is 1.90. The van der Waals surface area contributed by atoms with Gasteiger partial charge in [0.2, 0.25) is 10.0 Å². The second-order valence-electron chi connectivity index (χ2n) is 5.55. The first-order valence-electron chi connectivity index (χ1n) is 7.39. The largest absolute Gasteiger partial charge is 0.497 e. The zero-order valence-corrected chi connectivity index (χ0v) is 13.9. The van der Waals surface area contributed by atoms with Gasteiger partial charge in [-0.25, -0.2) is 8.42 Å². The molecule has 2 aromatic carbocycles. The molecule has 0 saturated carbocycles. The summed E-state index contributed by atoms with van der Waals surface area (Å²) >= 11 is 0. The highest BCUT2D eigenvalue weighted by atomic mass is 32.2. The zero-order chi connectivity index (χ0) is 17.3. The van der Waals surface area contributed by atoms with Crippen molar-refractivity contribution in [3.63, 3.8) is 0 Å². The Balaban J connectivity index is 2.02. The Kier molecular flexibility index (Phi) is 4.29. The van der Waals surface area contributed by atoms with Crippen molar-refractivity contribution in [2.45, 2.75) is 23.9 Å². The molecule has 1 aliphatic heterocycles. The minimum atomic E-state index is -3.93. The Morgan fingerprint density at radius 2 is 1.75 bits per heavy atom. The van der Waals surface area contributed by atoms with E-state index in [1.807, 2.05) is 24.3 Å². The molecule has 1 atom stereocenters. The summed E-state index contributed by atoms with van der Waals surface area (Å²) in [5.41, 5.74) is 1.69. The molecule has 0 fully saturated rings. The van der Waals surface area contributed by atoms with Gasteiger partial charge in [0.25, 0.3) is 0 Å². The Hall–Kier alpha value is -2.38. The van der Waals surface area contributed by atoms with Crippen LogP contribution in [-0.4, -0.2) is 37.0 Å². The topological polar surface area (TPSA) is 83.9 Å². The fourth-order valence-electron chi connectivity index (χ4n) is 2.85. The summed E-state index contributed by atoms with van der Waals surface area (Å²) in [5.74, 6) is -0.616. The van der Waals surface area contributed by atoms with Crippen LogP contribution in [0.3, 0.4) is 0 Å². The normalized spacial score (nSPS) is 18.0. The van der Waals surface area contributed by atoms with Crippen LogP contribution in [0.1, 0.15) is 11.1 Å². The maximum Gasteiger partial charge on any atom is 0.322 e. The molecule has 7 heteroatoms. The van der Waals surface area contributed by atoms with Gasteiger partial charge in [0, 0.05) is 13.0 Å². The second kappa shape index (κ2) is 6.26. The van der Waals surface area contributed by atoms with Gasteiger partial charge in [-0.15, -0.1) is 0 Å². The Bertz CT molecular complexity index is 861. The molecule has 2 aromatic rings. The van der Waals surface area contributed by atoms with Crippen LogP contribution in [0, 0.1) is 0 Å². The summed E-state index contributed by atoms with van der Waals surface area (Å²) in [7, 11) is -2.44. The molecule has 0 amide bonds. The van der Waals surface area contributed by atoms with Crippen molar-refractivity contribution in [2.75, 3.05) is 7.11 Å². The minimum absolute atomic E-state index is 0.0432. The van der Waals surface area contributed by atoms with Gasteiger partial charge in [0.1, 0.15) is 11.8 Å². The van der Waals surface area contributed by atoms with Crippen LogP contribution >= 0.6 is 0 Å². The van der Waals surface area contributed by atoms with E-state index >= 15 is 0 Å². The van der Waals surface area contributed by atoms with Crippen molar-refractivity contribution >= 4 is 16.0 Å². The monoisotopic (exact) mass is 347 g/mol. The van der Waals surface area contributed by atoms with Gasteiger partial charge >= 0.3 is 5.97 Å². The number of fused-ring (bicyclic) bond motifs is 1.